The van der Waals surface area contributed by atoms with Crippen LogP contribution in [0.1, 0.15) is 13.3 Å². The molecule has 1 aromatic heterocycles. The van der Waals surface area contributed by atoms with Gasteiger partial charge in [-0.25, -0.2) is 13.1 Å². The second-order valence-electron chi connectivity index (χ2n) is 4.39. The number of nitrogens with zero attached hydrogens (tertiary/aromatic N) is 2. The summed E-state index contributed by atoms with van der Waals surface area (Å²) in [5.41, 5.74) is 5.81. The molecular weight excluding hydrogens is 256 g/mol. The first-order chi connectivity index (χ1) is 8.44. The Morgan fingerprint density at radius 2 is 2.39 bits per heavy atom. The molecule has 1 heterocycles. The topological polar surface area (TPSA) is 99.2 Å². The van der Waals surface area contributed by atoms with E-state index in [1.807, 2.05) is 6.92 Å². The predicted molar refractivity (Wildman–Crippen MR) is 65.3 cm³/mol. The third kappa shape index (κ3) is 2.56. The third-order valence-corrected chi connectivity index (χ3v) is 4.44. The normalized spacial score (nSPS) is 28.1. The lowest BCUT2D eigenvalue weighted by Gasteiger charge is -2.41. The van der Waals surface area contributed by atoms with Crippen molar-refractivity contribution < 1.29 is 13.2 Å². The van der Waals surface area contributed by atoms with Gasteiger partial charge < -0.3 is 10.5 Å². The van der Waals surface area contributed by atoms with Crippen molar-refractivity contribution in [3.63, 3.8) is 0 Å². The SMILES string of the molecule is CCOC1CC(N)C1NS(=O)(=O)c1cnn(C)c1. The van der Waals surface area contributed by atoms with E-state index in [0.29, 0.717) is 13.0 Å². The van der Waals surface area contributed by atoms with E-state index in [1.165, 1.54) is 17.1 Å². The van der Waals surface area contributed by atoms with Crippen molar-refractivity contribution in [2.24, 2.45) is 12.8 Å². The van der Waals surface area contributed by atoms with Crippen LogP contribution in [0.3, 0.4) is 0 Å². The number of rotatable bonds is 5. The molecule has 0 radical (unpaired) electrons. The Labute approximate surface area is 106 Å². The van der Waals surface area contributed by atoms with Crippen LogP contribution >= 0.6 is 0 Å². The second kappa shape index (κ2) is 4.96. The van der Waals surface area contributed by atoms with Crippen LogP contribution in [-0.2, 0) is 21.8 Å². The number of nitrogens with one attached hydrogen (secondary N) is 1. The molecule has 0 amide bonds. The highest BCUT2D eigenvalue weighted by molar-refractivity contribution is 7.89. The molecule has 0 aliphatic heterocycles. The predicted octanol–water partition coefficient (Wildman–Crippen LogP) is -0.797. The van der Waals surface area contributed by atoms with Crippen LogP contribution < -0.4 is 10.5 Å². The largest absolute Gasteiger partial charge is 0.377 e. The van der Waals surface area contributed by atoms with Crippen molar-refractivity contribution in [3.05, 3.63) is 12.4 Å². The fourth-order valence-corrected chi connectivity index (χ4v) is 3.27. The lowest BCUT2D eigenvalue weighted by molar-refractivity contribution is -0.0248. The molecule has 1 fully saturated rings. The van der Waals surface area contributed by atoms with Gasteiger partial charge in [0, 0.05) is 25.9 Å². The molecule has 0 spiro atoms. The minimum Gasteiger partial charge on any atom is -0.377 e. The zero-order valence-corrected chi connectivity index (χ0v) is 11.2. The Balaban J connectivity index is 2.08. The third-order valence-electron chi connectivity index (χ3n) is 3.03. The number of aromatic nitrogens is 2. The number of ether oxygens (including phenoxy) is 1. The first-order valence-electron chi connectivity index (χ1n) is 5.82. The Bertz CT molecular complexity index is 511. The first-order valence-corrected chi connectivity index (χ1v) is 7.30. The maximum Gasteiger partial charge on any atom is 0.244 e. The highest BCUT2D eigenvalue weighted by atomic mass is 32.2. The van der Waals surface area contributed by atoms with E-state index in [1.54, 1.807) is 7.05 Å². The van der Waals surface area contributed by atoms with Gasteiger partial charge in [-0.3, -0.25) is 4.68 Å². The molecule has 1 aromatic rings. The van der Waals surface area contributed by atoms with Gasteiger partial charge in [-0.15, -0.1) is 0 Å². The van der Waals surface area contributed by atoms with Gasteiger partial charge in [0.05, 0.1) is 18.3 Å². The minimum atomic E-state index is -3.58. The molecule has 3 unspecified atom stereocenters. The number of sulfonamides is 1. The van der Waals surface area contributed by atoms with Gasteiger partial charge in [0.1, 0.15) is 4.90 Å². The van der Waals surface area contributed by atoms with Gasteiger partial charge in [0.2, 0.25) is 10.0 Å². The van der Waals surface area contributed by atoms with Crippen molar-refractivity contribution in [1.29, 1.82) is 0 Å². The zero-order valence-electron chi connectivity index (χ0n) is 10.4. The van der Waals surface area contributed by atoms with Crippen molar-refractivity contribution in [3.8, 4) is 0 Å². The van der Waals surface area contributed by atoms with Crippen molar-refractivity contribution in [2.45, 2.75) is 36.4 Å². The molecule has 1 aliphatic carbocycles. The van der Waals surface area contributed by atoms with E-state index in [2.05, 4.69) is 9.82 Å². The Hall–Kier alpha value is -0.960. The Morgan fingerprint density at radius 1 is 1.67 bits per heavy atom. The average Bonchev–Trinajstić information content (AvgIpc) is 2.74. The molecule has 1 saturated carbocycles. The molecule has 3 atom stereocenters. The average molecular weight is 274 g/mol. The van der Waals surface area contributed by atoms with Gasteiger partial charge in [0.25, 0.3) is 0 Å². The number of nitrogens with two attached hydrogens (primary N) is 1. The minimum absolute atomic E-state index is 0.138. The summed E-state index contributed by atoms with van der Waals surface area (Å²) in [5.74, 6) is 0. The summed E-state index contributed by atoms with van der Waals surface area (Å²) in [4.78, 5) is 0.138. The number of hydrogen-bond donors (Lipinski definition) is 2. The van der Waals surface area contributed by atoms with Gasteiger partial charge >= 0.3 is 0 Å². The van der Waals surface area contributed by atoms with Gasteiger partial charge in [-0.05, 0) is 13.3 Å². The van der Waals surface area contributed by atoms with Gasteiger partial charge in [0.15, 0.2) is 0 Å². The maximum absolute atomic E-state index is 12.1. The summed E-state index contributed by atoms with van der Waals surface area (Å²) in [5, 5.41) is 3.84. The number of aryl methyl sites for hydroxylation is 1. The fraction of sp³-hybridized carbons (Fsp3) is 0.700. The highest BCUT2D eigenvalue weighted by Gasteiger charge is 2.42. The molecule has 2 rings (SSSR count). The molecule has 7 nitrogen and oxygen atoms in total. The molecule has 18 heavy (non-hydrogen) atoms. The maximum atomic E-state index is 12.1. The highest BCUT2D eigenvalue weighted by Crippen LogP contribution is 2.24. The summed E-state index contributed by atoms with van der Waals surface area (Å²) >= 11 is 0. The lowest BCUT2D eigenvalue weighted by atomic mass is 9.84. The van der Waals surface area contributed by atoms with Crippen LogP contribution in [0.5, 0.6) is 0 Å². The standard InChI is InChI=1S/C10H18N4O3S/c1-3-17-9-4-8(11)10(9)13-18(15,16)7-5-12-14(2)6-7/h5-6,8-10,13H,3-4,11H2,1-2H3. The Morgan fingerprint density at radius 3 is 2.89 bits per heavy atom. The summed E-state index contributed by atoms with van der Waals surface area (Å²) in [7, 11) is -1.91. The smallest absolute Gasteiger partial charge is 0.244 e. The molecule has 0 aromatic carbocycles. The van der Waals surface area contributed by atoms with Crippen LogP contribution in [-0.4, -0.2) is 43.0 Å². The van der Waals surface area contributed by atoms with E-state index in [-0.39, 0.29) is 23.1 Å². The summed E-state index contributed by atoms with van der Waals surface area (Å²) in [6, 6.07) is -0.567. The van der Waals surface area contributed by atoms with E-state index < -0.39 is 10.0 Å². The van der Waals surface area contributed by atoms with Gasteiger partial charge in [-0.2, -0.15) is 5.10 Å². The van der Waals surface area contributed by atoms with E-state index in [0.717, 1.165) is 0 Å². The summed E-state index contributed by atoms with van der Waals surface area (Å²) in [6.07, 6.45) is 3.29. The fourth-order valence-electron chi connectivity index (χ4n) is 1.98. The zero-order chi connectivity index (χ0) is 13.3. The lowest BCUT2D eigenvalue weighted by Crippen LogP contribution is -2.64. The van der Waals surface area contributed by atoms with Crippen molar-refractivity contribution in [1.82, 2.24) is 14.5 Å². The van der Waals surface area contributed by atoms with Crippen LogP contribution in [0.4, 0.5) is 0 Å². The molecule has 1 aliphatic rings. The molecule has 0 bridgehead atoms. The Kier molecular flexibility index (Phi) is 3.71. The summed E-state index contributed by atoms with van der Waals surface area (Å²) in [6.45, 7) is 2.42. The van der Waals surface area contributed by atoms with Gasteiger partial charge in [-0.1, -0.05) is 0 Å². The van der Waals surface area contributed by atoms with Crippen LogP contribution in [0.25, 0.3) is 0 Å². The van der Waals surface area contributed by atoms with E-state index in [9.17, 15) is 8.42 Å². The molecule has 0 saturated heterocycles. The first kappa shape index (κ1) is 13.5. The number of hydrogen-bond acceptors (Lipinski definition) is 5. The molecule has 102 valence electrons. The van der Waals surface area contributed by atoms with Crippen molar-refractivity contribution in [2.75, 3.05) is 6.61 Å². The van der Waals surface area contributed by atoms with Crippen LogP contribution in [0, 0.1) is 0 Å². The molecular formula is C10H18N4O3S. The van der Waals surface area contributed by atoms with E-state index in [4.69, 9.17) is 10.5 Å². The molecule has 3 N–H and O–H groups in total. The monoisotopic (exact) mass is 274 g/mol. The van der Waals surface area contributed by atoms with Crippen LogP contribution in [0.15, 0.2) is 17.3 Å². The van der Waals surface area contributed by atoms with Crippen molar-refractivity contribution >= 4 is 10.0 Å². The quantitative estimate of drug-likeness (QED) is 0.732. The van der Waals surface area contributed by atoms with Crippen LogP contribution in [0.2, 0.25) is 0 Å². The summed E-state index contributed by atoms with van der Waals surface area (Å²) < 4.78 is 33.6. The molecule has 8 heteroatoms. The second-order valence-corrected chi connectivity index (χ2v) is 6.10. The van der Waals surface area contributed by atoms with E-state index >= 15 is 0 Å².